The Morgan fingerprint density at radius 2 is 2.38 bits per heavy atom. The molecule has 0 unspecified atom stereocenters. The van der Waals surface area contributed by atoms with Gasteiger partial charge in [0.2, 0.25) is 0 Å². The Balaban J connectivity index is 3.49. The molecule has 0 spiro atoms. The van der Waals surface area contributed by atoms with E-state index in [1.54, 1.807) is 0 Å². The first kappa shape index (κ1) is 7.30. The predicted molar refractivity (Wildman–Crippen MR) is 37.5 cm³/mol. The van der Waals surface area contributed by atoms with Crippen molar-refractivity contribution in [2.45, 2.75) is 26.7 Å². The lowest BCUT2D eigenvalue weighted by atomic mass is 10.2. The van der Waals surface area contributed by atoms with E-state index in [4.69, 9.17) is 6.42 Å². The molecule has 0 amide bonds. The van der Waals surface area contributed by atoms with Crippen molar-refractivity contribution in [3.63, 3.8) is 0 Å². The van der Waals surface area contributed by atoms with Crippen molar-refractivity contribution in [1.29, 1.82) is 0 Å². The molecule has 0 aromatic rings. The highest BCUT2D eigenvalue weighted by Crippen LogP contribution is 1.98. The molecule has 0 atom stereocenters. The van der Waals surface area contributed by atoms with Crippen LogP contribution in [0.15, 0.2) is 11.6 Å². The van der Waals surface area contributed by atoms with Gasteiger partial charge in [-0.25, -0.2) is 0 Å². The Bertz CT molecular complexity index is 112. The number of terminal acetylenes is 1. The van der Waals surface area contributed by atoms with Gasteiger partial charge >= 0.3 is 0 Å². The lowest BCUT2D eigenvalue weighted by Gasteiger charge is -1.88. The highest BCUT2D eigenvalue weighted by molar-refractivity contribution is 5.06. The van der Waals surface area contributed by atoms with Crippen LogP contribution in [0, 0.1) is 12.3 Å². The quantitative estimate of drug-likeness (QED) is 0.376. The normalized spacial score (nSPS) is 10.9. The van der Waals surface area contributed by atoms with Gasteiger partial charge in [-0.2, -0.15) is 0 Å². The maximum atomic E-state index is 5.07. The smallest absolute Gasteiger partial charge is 0.0293 e. The fourth-order valence-electron chi connectivity index (χ4n) is 0.582. The lowest BCUT2D eigenvalue weighted by molar-refractivity contribution is 1.14. The minimum absolute atomic E-state index is 0.799. The maximum absolute atomic E-state index is 5.07. The molecule has 0 aliphatic rings. The number of hydrogen-bond donors (Lipinski definition) is 0. The molecule has 0 bridgehead atoms. The molecule has 0 aliphatic carbocycles. The van der Waals surface area contributed by atoms with Crippen molar-refractivity contribution >= 4 is 0 Å². The van der Waals surface area contributed by atoms with Gasteiger partial charge in [-0.3, -0.25) is 0 Å². The number of allylic oxidation sites excluding steroid dienone is 2. The molecule has 0 saturated heterocycles. The first-order valence-corrected chi connectivity index (χ1v) is 2.90. The van der Waals surface area contributed by atoms with Crippen LogP contribution < -0.4 is 0 Å². The van der Waals surface area contributed by atoms with Crippen LogP contribution in [0.4, 0.5) is 0 Å². The van der Waals surface area contributed by atoms with Gasteiger partial charge in [0.05, 0.1) is 0 Å². The van der Waals surface area contributed by atoms with Crippen LogP contribution in [-0.2, 0) is 0 Å². The second kappa shape index (κ2) is 4.46. The van der Waals surface area contributed by atoms with Crippen LogP contribution in [0.2, 0.25) is 0 Å². The average Bonchev–Trinajstić information content (AvgIpc) is 1.68. The molecule has 0 aromatic carbocycles. The van der Waals surface area contributed by atoms with Gasteiger partial charge in [-0.15, -0.1) is 12.3 Å². The van der Waals surface area contributed by atoms with E-state index in [2.05, 4.69) is 25.8 Å². The second-order valence-corrected chi connectivity index (χ2v) is 1.84. The van der Waals surface area contributed by atoms with E-state index < -0.39 is 0 Å². The molecule has 0 aliphatic heterocycles. The summed E-state index contributed by atoms with van der Waals surface area (Å²) in [5.74, 6) is 2.58. The summed E-state index contributed by atoms with van der Waals surface area (Å²) in [6.07, 6.45) is 9.11. The molecule has 0 heterocycles. The van der Waals surface area contributed by atoms with E-state index in [9.17, 15) is 0 Å². The second-order valence-electron chi connectivity index (χ2n) is 1.84. The summed E-state index contributed by atoms with van der Waals surface area (Å²) >= 11 is 0. The molecule has 0 fully saturated rings. The van der Waals surface area contributed by atoms with Gasteiger partial charge in [-0.05, 0) is 13.3 Å². The summed E-state index contributed by atoms with van der Waals surface area (Å²) in [4.78, 5) is 0. The molecule has 0 N–H and O–H groups in total. The standard InChI is InChI=1S/C8H12/c1-4-6-8(3)7-5-2/h1,7H,5-6H2,2-3H3/b8-7+. The van der Waals surface area contributed by atoms with Crippen LogP contribution in [0.5, 0.6) is 0 Å². The first-order chi connectivity index (χ1) is 3.81. The van der Waals surface area contributed by atoms with Gasteiger partial charge in [0.1, 0.15) is 0 Å². The summed E-state index contributed by atoms with van der Waals surface area (Å²) in [6.45, 7) is 4.17. The van der Waals surface area contributed by atoms with Gasteiger partial charge < -0.3 is 0 Å². The van der Waals surface area contributed by atoms with Gasteiger partial charge in [0, 0.05) is 6.42 Å². The SMILES string of the molecule is C#CC/C(C)=C/CC. The minimum atomic E-state index is 0.799. The molecule has 44 valence electrons. The summed E-state index contributed by atoms with van der Waals surface area (Å²) in [7, 11) is 0. The molecular formula is C8H12. The fraction of sp³-hybridized carbons (Fsp3) is 0.500. The van der Waals surface area contributed by atoms with E-state index in [0.29, 0.717) is 0 Å². The Labute approximate surface area is 51.6 Å². The van der Waals surface area contributed by atoms with Gasteiger partial charge in [0.15, 0.2) is 0 Å². The third-order valence-corrected chi connectivity index (χ3v) is 0.933. The zero-order valence-electron chi connectivity index (χ0n) is 5.57. The zero-order chi connectivity index (χ0) is 6.41. The van der Waals surface area contributed by atoms with Crippen LogP contribution in [0.25, 0.3) is 0 Å². The third-order valence-electron chi connectivity index (χ3n) is 0.933. The van der Waals surface area contributed by atoms with Crippen LogP contribution >= 0.6 is 0 Å². The van der Waals surface area contributed by atoms with Crippen LogP contribution in [0.3, 0.4) is 0 Å². The highest BCUT2D eigenvalue weighted by atomic mass is 13.8. The van der Waals surface area contributed by atoms with E-state index in [1.165, 1.54) is 5.57 Å². The number of rotatable bonds is 2. The van der Waals surface area contributed by atoms with Gasteiger partial charge in [0.25, 0.3) is 0 Å². The lowest BCUT2D eigenvalue weighted by Crippen LogP contribution is -1.70. The summed E-state index contributed by atoms with van der Waals surface area (Å²) in [5.41, 5.74) is 1.30. The van der Waals surface area contributed by atoms with Crippen molar-refractivity contribution in [2.24, 2.45) is 0 Å². The number of hydrogen-bond acceptors (Lipinski definition) is 0. The fourth-order valence-corrected chi connectivity index (χ4v) is 0.582. The predicted octanol–water partition coefficient (Wildman–Crippen LogP) is 2.37. The van der Waals surface area contributed by atoms with Crippen molar-refractivity contribution < 1.29 is 0 Å². The molecule has 0 rings (SSSR count). The first-order valence-electron chi connectivity index (χ1n) is 2.90. The third kappa shape index (κ3) is 3.49. The van der Waals surface area contributed by atoms with Crippen molar-refractivity contribution in [3.8, 4) is 12.3 Å². The van der Waals surface area contributed by atoms with E-state index in [0.717, 1.165) is 12.8 Å². The molecule has 0 saturated carbocycles. The van der Waals surface area contributed by atoms with E-state index in [1.807, 2.05) is 0 Å². The zero-order valence-corrected chi connectivity index (χ0v) is 5.57. The maximum Gasteiger partial charge on any atom is 0.0293 e. The van der Waals surface area contributed by atoms with E-state index >= 15 is 0 Å². The Morgan fingerprint density at radius 3 is 2.75 bits per heavy atom. The molecule has 0 nitrogen and oxygen atoms in total. The molecule has 8 heavy (non-hydrogen) atoms. The van der Waals surface area contributed by atoms with Crippen LogP contribution in [-0.4, -0.2) is 0 Å². The monoisotopic (exact) mass is 108 g/mol. The Hall–Kier alpha value is -0.700. The van der Waals surface area contributed by atoms with Crippen molar-refractivity contribution in [3.05, 3.63) is 11.6 Å². The summed E-state index contributed by atoms with van der Waals surface area (Å²) < 4.78 is 0. The average molecular weight is 108 g/mol. The molecular weight excluding hydrogens is 96.1 g/mol. The Kier molecular flexibility index (Phi) is 4.07. The minimum Gasteiger partial charge on any atom is -0.120 e. The largest absolute Gasteiger partial charge is 0.120 e. The highest BCUT2D eigenvalue weighted by Gasteiger charge is 1.79. The van der Waals surface area contributed by atoms with Crippen molar-refractivity contribution in [2.75, 3.05) is 0 Å². The molecule has 0 radical (unpaired) electrons. The molecule has 0 aromatic heterocycles. The van der Waals surface area contributed by atoms with E-state index in [-0.39, 0.29) is 0 Å². The van der Waals surface area contributed by atoms with Gasteiger partial charge in [-0.1, -0.05) is 18.6 Å². The van der Waals surface area contributed by atoms with Crippen molar-refractivity contribution in [1.82, 2.24) is 0 Å². The summed E-state index contributed by atoms with van der Waals surface area (Å²) in [6, 6.07) is 0. The summed E-state index contributed by atoms with van der Waals surface area (Å²) in [5, 5.41) is 0. The molecule has 0 heteroatoms. The topological polar surface area (TPSA) is 0 Å². The van der Waals surface area contributed by atoms with Crippen LogP contribution in [0.1, 0.15) is 26.7 Å². The Morgan fingerprint density at radius 1 is 1.75 bits per heavy atom.